The highest BCUT2D eigenvalue weighted by Crippen LogP contribution is 2.11. The predicted octanol–water partition coefficient (Wildman–Crippen LogP) is 3.35. The Kier molecular flexibility index (Phi) is 3.62. The van der Waals surface area contributed by atoms with Crippen LogP contribution in [0, 0.1) is 0 Å². The minimum atomic E-state index is 0.0800. The lowest BCUT2D eigenvalue weighted by Gasteiger charge is -2.01. The van der Waals surface area contributed by atoms with E-state index in [1.165, 1.54) is 0 Å². The van der Waals surface area contributed by atoms with Crippen LogP contribution in [0.2, 0.25) is 0 Å². The number of hydrogen-bond donors (Lipinski definition) is 0. The molecular formula is C13H13ClO2. The number of para-hydroxylation sites is 1. The second-order valence-electron chi connectivity index (χ2n) is 3.73. The highest BCUT2D eigenvalue weighted by Gasteiger charge is 2.05. The first-order chi connectivity index (χ1) is 7.83. The molecule has 0 atom stereocenters. The van der Waals surface area contributed by atoms with Crippen molar-refractivity contribution in [3.63, 3.8) is 0 Å². The van der Waals surface area contributed by atoms with E-state index in [0.717, 1.165) is 24.8 Å². The van der Waals surface area contributed by atoms with Gasteiger partial charge in [0.1, 0.15) is 5.58 Å². The Bertz CT molecular complexity index is 531. The number of unbranched alkanes of at least 4 members (excludes halogenated alkanes) is 1. The molecule has 2 nitrogen and oxygen atoms in total. The minimum absolute atomic E-state index is 0.0800. The Morgan fingerprint density at radius 1 is 1.19 bits per heavy atom. The monoisotopic (exact) mass is 236 g/mol. The van der Waals surface area contributed by atoms with Gasteiger partial charge in [-0.2, -0.15) is 0 Å². The first kappa shape index (κ1) is 11.2. The van der Waals surface area contributed by atoms with E-state index in [2.05, 4.69) is 0 Å². The van der Waals surface area contributed by atoms with Gasteiger partial charge >= 0.3 is 0 Å². The van der Waals surface area contributed by atoms with Crippen LogP contribution in [0.25, 0.3) is 11.0 Å². The van der Waals surface area contributed by atoms with Crippen LogP contribution >= 0.6 is 11.6 Å². The van der Waals surface area contributed by atoms with Crippen molar-refractivity contribution in [2.75, 3.05) is 5.88 Å². The molecule has 1 aromatic heterocycles. The Hall–Kier alpha value is -1.28. The summed E-state index contributed by atoms with van der Waals surface area (Å²) in [4.78, 5) is 12.0. The van der Waals surface area contributed by atoms with Crippen LogP contribution in [0.15, 0.2) is 39.7 Å². The highest BCUT2D eigenvalue weighted by atomic mass is 35.5. The third-order valence-electron chi connectivity index (χ3n) is 2.58. The van der Waals surface area contributed by atoms with Crippen LogP contribution in [0.4, 0.5) is 0 Å². The molecule has 1 heterocycles. The van der Waals surface area contributed by atoms with Gasteiger partial charge in [-0.25, -0.2) is 0 Å². The minimum Gasteiger partial charge on any atom is -0.464 e. The molecule has 0 saturated carbocycles. The predicted molar refractivity (Wildman–Crippen MR) is 66.1 cm³/mol. The summed E-state index contributed by atoms with van der Waals surface area (Å²) in [5.74, 6) is 0.638. The van der Waals surface area contributed by atoms with Gasteiger partial charge in [-0.05, 0) is 31.4 Å². The number of alkyl halides is 1. The van der Waals surface area contributed by atoms with E-state index in [0.29, 0.717) is 16.8 Å². The van der Waals surface area contributed by atoms with Gasteiger partial charge in [0.2, 0.25) is 0 Å². The molecule has 1 aromatic carbocycles. The molecule has 0 bridgehead atoms. The zero-order valence-electron chi connectivity index (χ0n) is 8.91. The summed E-state index contributed by atoms with van der Waals surface area (Å²) in [6, 6.07) is 7.31. The molecule has 0 aliphatic heterocycles. The summed E-state index contributed by atoms with van der Waals surface area (Å²) in [5, 5.41) is 0.658. The van der Waals surface area contributed by atoms with Gasteiger partial charge in [-0.1, -0.05) is 12.1 Å². The highest BCUT2D eigenvalue weighted by molar-refractivity contribution is 6.17. The fourth-order valence-electron chi connectivity index (χ4n) is 1.70. The topological polar surface area (TPSA) is 30.2 Å². The lowest BCUT2D eigenvalue weighted by molar-refractivity contribution is 0.589. The summed E-state index contributed by atoms with van der Waals surface area (Å²) >= 11 is 5.60. The number of benzene rings is 1. The molecule has 2 rings (SSSR count). The van der Waals surface area contributed by atoms with E-state index in [1.807, 2.05) is 12.1 Å². The summed E-state index contributed by atoms with van der Waals surface area (Å²) in [6.45, 7) is 0. The molecule has 0 aliphatic rings. The maximum atomic E-state index is 12.0. The average Bonchev–Trinajstić information content (AvgIpc) is 2.33. The van der Waals surface area contributed by atoms with Gasteiger partial charge < -0.3 is 4.42 Å². The van der Waals surface area contributed by atoms with Crippen molar-refractivity contribution in [1.29, 1.82) is 0 Å². The summed E-state index contributed by atoms with van der Waals surface area (Å²) in [5.41, 5.74) is 1.47. The third-order valence-corrected chi connectivity index (χ3v) is 2.85. The molecule has 0 saturated heterocycles. The molecule has 2 aromatic rings. The molecule has 16 heavy (non-hydrogen) atoms. The lowest BCUT2D eigenvalue weighted by atomic mass is 10.1. The first-order valence-electron chi connectivity index (χ1n) is 5.38. The maximum absolute atomic E-state index is 12.0. The normalized spacial score (nSPS) is 10.8. The van der Waals surface area contributed by atoms with Gasteiger partial charge in [-0.15, -0.1) is 11.6 Å². The Labute approximate surface area is 98.8 Å². The van der Waals surface area contributed by atoms with Gasteiger partial charge in [-0.3, -0.25) is 4.79 Å². The summed E-state index contributed by atoms with van der Waals surface area (Å²) in [7, 11) is 0. The Morgan fingerprint density at radius 3 is 2.81 bits per heavy atom. The zero-order valence-corrected chi connectivity index (χ0v) is 9.67. The van der Waals surface area contributed by atoms with Crippen molar-refractivity contribution in [3.8, 4) is 0 Å². The van der Waals surface area contributed by atoms with Crippen LogP contribution in [-0.2, 0) is 6.42 Å². The van der Waals surface area contributed by atoms with Gasteiger partial charge in [0.05, 0.1) is 11.6 Å². The first-order valence-corrected chi connectivity index (χ1v) is 5.92. The SMILES string of the molecule is O=c1c(CCCCCl)coc2ccccc12. The van der Waals surface area contributed by atoms with Crippen LogP contribution in [0.1, 0.15) is 18.4 Å². The largest absolute Gasteiger partial charge is 0.464 e. The molecule has 0 unspecified atom stereocenters. The smallest absolute Gasteiger partial charge is 0.195 e. The van der Waals surface area contributed by atoms with E-state index in [4.69, 9.17) is 16.0 Å². The average molecular weight is 237 g/mol. The summed E-state index contributed by atoms with van der Waals surface area (Å²) in [6.07, 6.45) is 4.15. The molecule has 0 fully saturated rings. The van der Waals surface area contributed by atoms with E-state index >= 15 is 0 Å². The van der Waals surface area contributed by atoms with Crippen molar-refractivity contribution in [1.82, 2.24) is 0 Å². The lowest BCUT2D eigenvalue weighted by Crippen LogP contribution is -2.08. The van der Waals surface area contributed by atoms with Crippen LogP contribution in [-0.4, -0.2) is 5.88 Å². The van der Waals surface area contributed by atoms with Gasteiger partial charge in [0.15, 0.2) is 5.43 Å². The Balaban J connectivity index is 2.33. The fourth-order valence-corrected chi connectivity index (χ4v) is 1.89. The second-order valence-corrected chi connectivity index (χ2v) is 4.11. The number of hydrogen-bond acceptors (Lipinski definition) is 2. The van der Waals surface area contributed by atoms with Crippen molar-refractivity contribution in [2.45, 2.75) is 19.3 Å². The van der Waals surface area contributed by atoms with Crippen molar-refractivity contribution < 1.29 is 4.42 Å². The number of fused-ring (bicyclic) bond motifs is 1. The molecule has 0 spiro atoms. The van der Waals surface area contributed by atoms with Gasteiger partial charge in [0, 0.05) is 11.4 Å². The van der Waals surface area contributed by atoms with E-state index in [9.17, 15) is 4.79 Å². The molecular weight excluding hydrogens is 224 g/mol. The standard InChI is InChI=1S/C13H13ClO2/c14-8-4-3-5-10-9-16-12-7-2-1-6-11(12)13(10)15/h1-2,6-7,9H,3-5,8H2. The zero-order chi connectivity index (χ0) is 11.4. The quantitative estimate of drug-likeness (QED) is 0.602. The van der Waals surface area contributed by atoms with Crippen LogP contribution in [0.5, 0.6) is 0 Å². The number of rotatable bonds is 4. The number of halogens is 1. The molecule has 84 valence electrons. The van der Waals surface area contributed by atoms with Crippen molar-refractivity contribution in [3.05, 3.63) is 46.3 Å². The van der Waals surface area contributed by atoms with E-state index in [-0.39, 0.29) is 5.43 Å². The van der Waals surface area contributed by atoms with E-state index < -0.39 is 0 Å². The van der Waals surface area contributed by atoms with Crippen molar-refractivity contribution in [2.24, 2.45) is 0 Å². The second kappa shape index (κ2) is 5.17. The third kappa shape index (κ3) is 2.27. The molecule has 0 aliphatic carbocycles. The molecule has 0 radical (unpaired) electrons. The Morgan fingerprint density at radius 2 is 2.00 bits per heavy atom. The van der Waals surface area contributed by atoms with Gasteiger partial charge in [0.25, 0.3) is 0 Å². The molecule has 3 heteroatoms. The summed E-state index contributed by atoms with van der Waals surface area (Å²) < 4.78 is 5.42. The number of aryl methyl sites for hydroxylation is 1. The fraction of sp³-hybridized carbons (Fsp3) is 0.308. The van der Waals surface area contributed by atoms with Crippen LogP contribution in [0.3, 0.4) is 0 Å². The van der Waals surface area contributed by atoms with E-state index in [1.54, 1.807) is 18.4 Å². The molecule has 0 amide bonds. The maximum Gasteiger partial charge on any atom is 0.195 e. The van der Waals surface area contributed by atoms with Crippen LogP contribution < -0.4 is 5.43 Å². The van der Waals surface area contributed by atoms with Crippen molar-refractivity contribution >= 4 is 22.6 Å². The molecule has 0 N–H and O–H groups in total.